The Bertz CT molecular complexity index is 900. The highest BCUT2D eigenvalue weighted by Crippen LogP contribution is 2.37. The second kappa shape index (κ2) is 6.62. The van der Waals surface area contributed by atoms with Crippen molar-refractivity contribution < 1.29 is 9.47 Å². The van der Waals surface area contributed by atoms with Crippen molar-refractivity contribution in [1.29, 1.82) is 0 Å². The van der Waals surface area contributed by atoms with Crippen molar-refractivity contribution >= 4 is 29.3 Å². The molecule has 8 heteroatoms. The Hall–Kier alpha value is -3.00. The monoisotopic (exact) mass is 366 g/mol. The molecule has 1 aromatic carbocycles. The lowest BCUT2D eigenvalue weighted by atomic mass is 10.1. The summed E-state index contributed by atoms with van der Waals surface area (Å²) < 4.78 is 10.9. The highest BCUT2D eigenvalue weighted by Gasteiger charge is 2.22. The van der Waals surface area contributed by atoms with Gasteiger partial charge < -0.3 is 30.7 Å². The zero-order chi connectivity index (χ0) is 18.2. The van der Waals surface area contributed by atoms with E-state index in [1.54, 1.807) is 6.34 Å². The molecule has 3 aliphatic rings. The van der Waals surface area contributed by atoms with Crippen LogP contribution in [0.2, 0.25) is 0 Å². The van der Waals surface area contributed by atoms with E-state index in [-0.39, 0.29) is 12.8 Å². The van der Waals surface area contributed by atoms with Gasteiger partial charge in [0.1, 0.15) is 11.6 Å². The van der Waals surface area contributed by atoms with Gasteiger partial charge in [-0.3, -0.25) is 4.99 Å². The molecule has 0 bridgehead atoms. The Balaban J connectivity index is 1.49. The van der Waals surface area contributed by atoms with Crippen molar-refractivity contribution in [2.45, 2.75) is 25.4 Å². The summed E-state index contributed by atoms with van der Waals surface area (Å²) in [6.07, 6.45) is 3.88. The molecule has 0 saturated carbocycles. The molecule has 4 heterocycles. The minimum atomic E-state index is 0.191. The second-order valence-corrected chi connectivity index (χ2v) is 7.01. The van der Waals surface area contributed by atoms with E-state index in [0.717, 1.165) is 66.0 Å². The topological polar surface area (TPSA) is 97.0 Å². The van der Waals surface area contributed by atoms with Gasteiger partial charge in [0.05, 0.1) is 18.6 Å². The fourth-order valence-corrected chi connectivity index (χ4v) is 3.69. The highest BCUT2D eigenvalue weighted by atomic mass is 16.7. The van der Waals surface area contributed by atoms with E-state index in [1.165, 1.54) is 0 Å². The zero-order valence-corrected chi connectivity index (χ0v) is 14.9. The third-order valence-electron chi connectivity index (χ3n) is 5.09. The second-order valence-electron chi connectivity index (χ2n) is 7.01. The maximum absolute atomic E-state index is 6.17. The quantitative estimate of drug-likeness (QED) is 0.767. The molecule has 0 aliphatic carbocycles. The predicted molar refractivity (Wildman–Crippen MR) is 105 cm³/mol. The molecule has 0 amide bonds. The summed E-state index contributed by atoms with van der Waals surface area (Å²) in [5.74, 6) is 3.22. The average Bonchev–Trinajstić information content (AvgIpc) is 3.16. The SMILES string of the molecule is N[C@@H]1CCCN(c2cc3c(c(Nc4ccc5c(c4)OCO5)n2)CN=CN3)C1. The number of fused-ring (bicyclic) bond motifs is 2. The molecule has 8 nitrogen and oxygen atoms in total. The number of aliphatic imine (C=N–C) groups is 1. The van der Waals surface area contributed by atoms with Gasteiger partial charge in [0.15, 0.2) is 11.5 Å². The van der Waals surface area contributed by atoms with Crippen LogP contribution in [0.4, 0.5) is 23.0 Å². The van der Waals surface area contributed by atoms with E-state index in [2.05, 4.69) is 26.6 Å². The number of nitrogens with two attached hydrogens (primary N) is 1. The fraction of sp³-hybridized carbons (Fsp3) is 0.368. The Morgan fingerprint density at radius 1 is 1.22 bits per heavy atom. The molecule has 4 N–H and O–H groups in total. The first-order valence-corrected chi connectivity index (χ1v) is 9.22. The van der Waals surface area contributed by atoms with Gasteiger partial charge in [0.2, 0.25) is 6.79 Å². The molecule has 0 radical (unpaired) electrons. The summed E-state index contributed by atoms with van der Waals surface area (Å²) >= 11 is 0. The molecular weight excluding hydrogens is 344 g/mol. The summed E-state index contributed by atoms with van der Waals surface area (Å²) in [5, 5.41) is 6.68. The van der Waals surface area contributed by atoms with Crippen molar-refractivity contribution in [3.05, 3.63) is 29.8 Å². The van der Waals surface area contributed by atoms with Crippen molar-refractivity contribution in [2.24, 2.45) is 10.7 Å². The molecule has 2 aromatic rings. The van der Waals surface area contributed by atoms with Gasteiger partial charge in [-0.15, -0.1) is 0 Å². The molecule has 5 rings (SSSR count). The van der Waals surface area contributed by atoms with Crippen molar-refractivity contribution in [2.75, 3.05) is 35.4 Å². The molecule has 0 unspecified atom stereocenters. The highest BCUT2D eigenvalue weighted by molar-refractivity contribution is 5.84. The molecule has 27 heavy (non-hydrogen) atoms. The number of nitrogens with zero attached hydrogens (tertiary/aromatic N) is 3. The van der Waals surface area contributed by atoms with Crippen LogP contribution in [0.3, 0.4) is 0 Å². The number of rotatable bonds is 3. The Morgan fingerprint density at radius 3 is 3.07 bits per heavy atom. The van der Waals surface area contributed by atoms with Crippen molar-refractivity contribution in [3.8, 4) is 11.5 Å². The number of aromatic nitrogens is 1. The summed E-state index contributed by atoms with van der Waals surface area (Å²) in [7, 11) is 0. The van der Waals surface area contributed by atoms with E-state index in [9.17, 15) is 0 Å². The fourth-order valence-electron chi connectivity index (χ4n) is 3.69. The van der Waals surface area contributed by atoms with Gasteiger partial charge in [-0.2, -0.15) is 0 Å². The van der Waals surface area contributed by atoms with Crippen LogP contribution in [0.5, 0.6) is 11.5 Å². The van der Waals surface area contributed by atoms with Crippen molar-refractivity contribution in [1.82, 2.24) is 4.98 Å². The van der Waals surface area contributed by atoms with E-state index >= 15 is 0 Å². The molecule has 3 aliphatic heterocycles. The largest absolute Gasteiger partial charge is 0.454 e. The first-order chi connectivity index (χ1) is 13.3. The van der Waals surface area contributed by atoms with Gasteiger partial charge in [-0.1, -0.05) is 0 Å². The molecule has 1 atom stereocenters. The maximum atomic E-state index is 6.17. The number of anilines is 4. The zero-order valence-electron chi connectivity index (χ0n) is 14.9. The molecule has 140 valence electrons. The molecule has 0 spiro atoms. The number of hydrogen-bond acceptors (Lipinski definition) is 8. The first-order valence-electron chi connectivity index (χ1n) is 9.22. The van der Waals surface area contributed by atoms with Gasteiger partial charge in [-0.05, 0) is 25.0 Å². The predicted octanol–water partition coefficient (Wildman–Crippen LogP) is 2.44. The Morgan fingerprint density at radius 2 is 2.15 bits per heavy atom. The van der Waals surface area contributed by atoms with Crippen LogP contribution in [0.25, 0.3) is 0 Å². The number of pyridine rings is 1. The molecule has 1 saturated heterocycles. The number of piperidine rings is 1. The third kappa shape index (κ3) is 3.12. The van der Waals surface area contributed by atoms with Crippen molar-refractivity contribution in [3.63, 3.8) is 0 Å². The minimum Gasteiger partial charge on any atom is -0.454 e. The van der Waals surface area contributed by atoms with E-state index in [4.69, 9.17) is 20.2 Å². The van der Waals surface area contributed by atoms with Crippen LogP contribution in [0.1, 0.15) is 18.4 Å². The Labute approximate surface area is 157 Å². The van der Waals surface area contributed by atoms with Crippen LogP contribution in [-0.4, -0.2) is 37.2 Å². The van der Waals surface area contributed by atoms with Crippen LogP contribution in [0.15, 0.2) is 29.3 Å². The van der Waals surface area contributed by atoms with Gasteiger partial charge >= 0.3 is 0 Å². The number of hydrogen-bond donors (Lipinski definition) is 3. The van der Waals surface area contributed by atoms with E-state index < -0.39 is 0 Å². The summed E-state index contributed by atoms with van der Waals surface area (Å²) in [6.45, 7) is 2.64. The van der Waals surface area contributed by atoms with Crippen LogP contribution in [0, 0.1) is 0 Å². The van der Waals surface area contributed by atoms with Crippen LogP contribution < -0.4 is 30.7 Å². The van der Waals surface area contributed by atoms with Gasteiger partial charge in [0.25, 0.3) is 0 Å². The smallest absolute Gasteiger partial charge is 0.231 e. The standard InChI is InChI=1S/C19H22N6O2/c20-12-2-1-5-25(9-12)18-7-15-14(8-21-10-22-15)19(24-18)23-13-3-4-16-17(6-13)27-11-26-16/h3-4,6-7,10,12H,1-2,5,8-9,11,20H2,(H,21,22)(H,23,24)/t12-/m1/s1. The normalized spacial score (nSPS) is 20.2. The summed E-state index contributed by atoms with van der Waals surface area (Å²) in [6, 6.07) is 8.07. The molecule has 1 fully saturated rings. The van der Waals surface area contributed by atoms with Gasteiger partial charge in [-0.25, -0.2) is 4.98 Å². The molecule has 1 aromatic heterocycles. The number of benzene rings is 1. The summed E-state index contributed by atoms with van der Waals surface area (Å²) in [5.41, 5.74) is 9.13. The Kier molecular flexibility index (Phi) is 3.97. The first kappa shape index (κ1) is 16.2. The van der Waals surface area contributed by atoms with Gasteiger partial charge in [0, 0.05) is 42.5 Å². The number of nitrogens with one attached hydrogen (secondary N) is 2. The lowest BCUT2D eigenvalue weighted by Gasteiger charge is -2.32. The lowest BCUT2D eigenvalue weighted by Crippen LogP contribution is -2.43. The minimum absolute atomic E-state index is 0.191. The number of ether oxygens (including phenoxy) is 2. The van der Waals surface area contributed by atoms with Crippen LogP contribution in [-0.2, 0) is 6.54 Å². The van der Waals surface area contributed by atoms with E-state index in [1.807, 2.05) is 18.2 Å². The maximum Gasteiger partial charge on any atom is 0.231 e. The molecular formula is C19H22N6O2. The summed E-state index contributed by atoms with van der Waals surface area (Å²) in [4.78, 5) is 11.5. The third-order valence-corrected chi connectivity index (χ3v) is 5.09. The average molecular weight is 366 g/mol. The lowest BCUT2D eigenvalue weighted by molar-refractivity contribution is 0.174. The van der Waals surface area contributed by atoms with Crippen LogP contribution >= 0.6 is 0 Å². The van der Waals surface area contributed by atoms with E-state index in [0.29, 0.717) is 6.54 Å².